The van der Waals surface area contributed by atoms with Crippen LogP contribution in [0.15, 0.2) is 34.9 Å². The van der Waals surface area contributed by atoms with Crippen LogP contribution in [0.3, 0.4) is 0 Å². The van der Waals surface area contributed by atoms with Gasteiger partial charge in [-0.1, -0.05) is 23.4 Å². The van der Waals surface area contributed by atoms with Gasteiger partial charge in [0.15, 0.2) is 5.82 Å². The number of methoxy groups -OCH3 is 1. The Morgan fingerprint density at radius 1 is 1.03 bits per heavy atom. The van der Waals surface area contributed by atoms with Gasteiger partial charge >= 0.3 is 5.97 Å². The van der Waals surface area contributed by atoms with Crippen molar-refractivity contribution < 1.29 is 14.1 Å². The number of carbonyl (C=O) groups is 1. The molecule has 3 aromatic rings. The van der Waals surface area contributed by atoms with Crippen molar-refractivity contribution >= 4 is 5.97 Å². The molecule has 0 saturated carbocycles. The average Bonchev–Trinajstić information content (AvgIpc) is 3.26. The van der Waals surface area contributed by atoms with Crippen LogP contribution in [0.25, 0.3) is 11.5 Å². The van der Waals surface area contributed by atoms with E-state index in [2.05, 4.69) is 31.4 Å². The highest BCUT2D eigenvalue weighted by Crippen LogP contribution is 2.24. The second kappa shape index (κ2) is 9.67. The second-order valence-electron chi connectivity index (χ2n) is 8.36. The SMILES string of the molecule is COC(=O)c1c(CN2CCCN(Cc3noc(-c4ccccc4)n3)CC2)c(C)n(C)c1C. The van der Waals surface area contributed by atoms with Gasteiger partial charge in [-0.05, 0) is 45.5 Å². The number of esters is 1. The third kappa shape index (κ3) is 4.61. The van der Waals surface area contributed by atoms with E-state index in [0.717, 1.165) is 61.7 Å². The summed E-state index contributed by atoms with van der Waals surface area (Å²) in [4.78, 5) is 21.8. The lowest BCUT2D eigenvalue weighted by molar-refractivity contribution is 0.0597. The van der Waals surface area contributed by atoms with Crippen LogP contribution in [-0.2, 0) is 24.9 Å². The number of ether oxygens (including phenoxy) is 1. The summed E-state index contributed by atoms with van der Waals surface area (Å²) >= 11 is 0. The van der Waals surface area contributed by atoms with Gasteiger partial charge in [0.25, 0.3) is 5.89 Å². The molecule has 1 aromatic carbocycles. The van der Waals surface area contributed by atoms with Gasteiger partial charge in [-0.2, -0.15) is 4.98 Å². The van der Waals surface area contributed by atoms with Crippen LogP contribution in [0.5, 0.6) is 0 Å². The molecule has 0 amide bonds. The molecular formula is C24H31N5O3. The van der Waals surface area contributed by atoms with Gasteiger partial charge in [-0.25, -0.2) is 4.79 Å². The Morgan fingerprint density at radius 2 is 1.72 bits per heavy atom. The standard InChI is InChI=1S/C24H31N5O3/c1-17-20(22(24(30)31-4)18(2)27(17)3)15-28-11-8-12-29(14-13-28)16-21-25-23(32-26-21)19-9-6-5-7-10-19/h5-7,9-10H,8,11-16H2,1-4H3. The molecule has 0 spiro atoms. The monoisotopic (exact) mass is 437 g/mol. The fraction of sp³-hybridized carbons (Fsp3) is 0.458. The molecule has 1 aliphatic rings. The van der Waals surface area contributed by atoms with Crippen LogP contribution in [0.1, 0.15) is 39.6 Å². The molecule has 0 N–H and O–H groups in total. The van der Waals surface area contributed by atoms with E-state index in [1.165, 1.54) is 7.11 Å². The van der Waals surface area contributed by atoms with E-state index in [1.54, 1.807) is 0 Å². The second-order valence-corrected chi connectivity index (χ2v) is 8.36. The van der Waals surface area contributed by atoms with Gasteiger partial charge in [0.1, 0.15) is 0 Å². The van der Waals surface area contributed by atoms with Crippen LogP contribution in [-0.4, -0.2) is 63.8 Å². The third-order valence-electron chi connectivity index (χ3n) is 6.41. The molecule has 32 heavy (non-hydrogen) atoms. The summed E-state index contributed by atoms with van der Waals surface area (Å²) in [5.74, 6) is 1.01. The van der Waals surface area contributed by atoms with Crippen molar-refractivity contribution in [1.29, 1.82) is 0 Å². The van der Waals surface area contributed by atoms with Gasteiger partial charge in [0, 0.05) is 49.2 Å². The van der Waals surface area contributed by atoms with E-state index in [9.17, 15) is 4.79 Å². The van der Waals surface area contributed by atoms with Crippen molar-refractivity contribution in [3.05, 3.63) is 58.7 Å². The first-order valence-corrected chi connectivity index (χ1v) is 11.0. The minimum atomic E-state index is -0.260. The molecule has 0 radical (unpaired) electrons. The van der Waals surface area contributed by atoms with E-state index in [4.69, 9.17) is 9.26 Å². The molecule has 2 aromatic heterocycles. The molecule has 3 heterocycles. The highest BCUT2D eigenvalue weighted by atomic mass is 16.5. The predicted octanol–water partition coefficient (Wildman–Crippen LogP) is 3.19. The number of nitrogens with zero attached hydrogens (tertiary/aromatic N) is 5. The Hall–Kier alpha value is -2.97. The Labute approximate surface area is 188 Å². The van der Waals surface area contributed by atoms with Crippen molar-refractivity contribution in [3.8, 4) is 11.5 Å². The minimum absolute atomic E-state index is 0.260. The summed E-state index contributed by atoms with van der Waals surface area (Å²) in [5.41, 5.74) is 4.77. The smallest absolute Gasteiger partial charge is 0.340 e. The quantitative estimate of drug-likeness (QED) is 0.548. The molecule has 4 rings (SSSR count). The van der Waals surface area contributed by atoms with Gasteiger partial charge in [0.05, 0.1) is 19.2 Å². The van der Waals surface area contributed by atoms with Gasteiger partial charge in [-0.15, -0.1) is 0 Å². The fourth-order valence-electron chi connectivity index (χ4n) is 4.37. The largest absolute Gasteiger partial charge is 0.465 e. The molecule has 0 aliphatic carbocycles. The van der Waals surface area contributed by atoms with Crippen molar-refractivity contribution in [1.82, 2.24) is 24.5 Å². The van der Waals surface area contributed by atoms with Gasteiger partial charge < -0.3 is 13.8 Å². The minimum Gasteiger partial charge on any atom is -0.465 e. The van der Waals surface area contributed by atoms with E-state index < -0.39 is 0 Å². The first-order chi connectivity index (χ1) is 15.5. The van der Waals surface area contributed by atoms with Crippen molar-refractivity contribution in [2.24, 2.45) is 7.05 Å². The van der Waals surface area contributed by atoms with Crippen molar-refractivity contribution in [3.63, 3.8) is 0 Å². The van der Waals surface area contributed by atoms with Crippen LogP contribution in [0.2, 0.25) is 0 Å². The normalized spacial score (nSPS) is 15.6. The summed E-state index contributed by atoms with van der Waals surface area (Å²) < 4.78 is 12.6. The molecule has 8 heteroatoms. The lowest BCUT2D eigenvalue weighted by atomic mass is 10.1. The summed E-state index contributed by atoms with van der Waals surface area (Å²) in [7, 11) is 3.44. The Kier molecular flexibility index (Phi) is 6.72. The number of hydrogen-bond donors (Lipinski definition) is 0. The maximum atomic E-state index is 12.4. The van der Waals surface area contributed by atoms with Crippen LogP contribution in [0, 0.1) is 13.8 Å². The lowest BCUT2D eigenvalue weighted by Gasteiger charge is -2.21. The fourth-order valence-corrected chi connectivity index (χ4v) is 4.37. The van der Waals surface area contributed by atoms with E-state index >= 15 is 0 Å². The summed E-state index contributed by atoms with van der Waals surface area (Å²) in [6, 6.07) is 9.83. The van der Waals surface area contributed by atoms with Crippen LogP contribution in [0.4, 0.5) is 0 Å². The maximum Gasteiger partial charge on any atom is 0.340 e. The Bertz CT molecular complexity index is 1070. The maximum absolute atomic E-state index is 12.4. The molecule has 0 unspecified atom stereocenters. The zero-order valence-corrected chi connectivity index (χ0v) is 19.3. The van der Waals surface area contributed by atoms with Crippen LogP contribution >= 0.6 is 0 Å². The average molecular weight is 438 g/mol. The Morgan fingerprint density at radius 3 is 2.41 bits per heavy atom. The topological polar surface area (TPSA) is 76.6 Å². The molecule has 1 saturated heterocycles. The summed E-state index contributed by atoms with van der Waals surface area (Å²) in [6.07, 6.45) is 1.04. The lowest BCUT2D eigenvalue weighted by Crippen LogP contribution is -2.31. The van der Waals surface area contributed by atoms with E-state index in [0.29, 0.717) is 23.8 Å². The molecular weight excluding hydrogens is 406 g/mol. The van der Waals surface area contributed by atoms with Crippen molar-refractivity contribution in [2.75, 3.05) is 33.3 Å². The van der Waals surface area contributed by atoms with Crippen molar-refractivity contribution in [2.45, 2.75) is 33.4 Å². The Balaban J connectivity index is 1.40. The highest BCUT2D eigenvalue weighted by Gasteiger charge is 2.25. The number of carbonyl (C=O) groups excluding carboxylic acids is 1. The highest BCUT2D eigenvalue weighted by molar-refractivity contribution is 5.93. The molecule has 0 bridgehead atoms. The molecule has 8 nitrogen and oxygen atoms in total. The van der Waals surface area contributed by atoms with Crippen LogP contribution < -0.4 is 0 Å². The number of rotatable bonds is 6. The summed E-state index contributed by atoms with van der Waals surface area (Å²) in [5, 5.41) is 4.17. The van der Waals surface area contributed by atoms with E-state index in [-0.39, 0.29) is 5.97 Å². The number of aromatic nitrogens is 3. The number of benzene rings is 1. The predicted molar refractivity (Wildman–Crippen MR) is 121 cm³/mol. The third-order valence-corrected chi connectivity index (χ3v) is 6.41. The zero-order chi connectivity index (χ0) is 22.7. The summed E-state index contributed by atoms with van der Waals surface area (Å²) in [6.45, 7) is 9.23. The molecule has 1 aliphatic heterocycles. The molecule has 0 atom stereocenters. The van der Waals surface area contributed by atoms with Gasteiger partial charge in [0.2, 0.25) is 0 Å². The molecule has 170 valence electrons. The molecule has 1 fully saturated rings. The zero-order valence-electron chi connectivity index (χ0n) is 19.3. The van der Waals surface area contributed by atoms with Gasteiger partial charge in [-0.3, -0.25) is 9.80 Å². The first-order valence-electron chi connectivity index (χ1n) is 11.0. The number of hydrogen-bond acceptors (Lipinski definition) is 7. The first kappa shape index (κ1) is 22.2. The van der Waals surface area contributed by atoms with E-state index in [1.807, 2.05) is 44.3 Å².